The average molecular weight is 529 g/mol. The summed E-state index contributed by atoms with van der Waals surface area (Å²) in [5, 5.41) is 0. The SMILES string of the molecule is CC1=CCC2=C(C1)[C@]13CCCC[C@@H]1[C@H](C2)N(C)CC3.COc1ccc2c(c1)[C@]13CCCC[C@@H]1[C@H](C2)N(C)CC3. The van der Waals surface area contributed by atoms with E-state index in [9.17, 15) is 0 Å². The first-order valence-electron chi connectivity index (χ1n) is 16.4. The van der Waals surface area contributed by atoms with Crippen LogP contribution in [-0.2, 0) is 11.8 Å². The maximum absolute atomic E-state index is 5.51. The summed E-state index contributed by atoms with van der Waals surface area (Å²) in [6.45, 7) is 4.94. The first kappa shape index (κ1) is 26.3. The summed E-state index contributed by atoms with van der Waals surface area (Å²) in [5.41, 5.74) is 9.68. The van der Waals surface area contributed by atoms with Crippen molar-refractivity contribution in [1.82, 2.24) is 9.80 Å². The zero-order valence-electron chi connectivity index (χ0n) is 25.2. The van der Waals surface area contributed by atoms with Crippen LogP contribution in [0, 0.1) is 17.3 Å². The molecule has 1 aromatic carbocycles. The first-order chi connectivity index (χ1) is 18.9. The molecule has 0 radical (unpaired) electrons. The predicted octanol–water partition coefficient (Wildman–Crippen LogP) is 7.69. The van der Waals surface area contributed by atoms with Crippen LogP contribution in [0.5, 0.6) is 5.75 Å². The zero-order valence-corrected chi connectivity index (χ0v) is 25.2. The molecule has 212 valence electrons. The van der Waals surface area contributed by atoms with Crippen LogP contribution in [0.3, 0.4) is 0 Å². The standard InChI is InChI=1S/C18H25NO.C18H27N/c1-19-10-9-18-8-4-3-5-15(18)17(19)11-13-6-7-14(20-2)12-16(13)18;1-13-6-7-14-12-17-15-5-3-4-8-18(15,16(14)11-13)9-10-19(17)2/h6-7,12,15,17H,3-5,8-11H2,1-2H3;6,15,17H,3-5,7-12H2,1-2H3/t2*15-,17+,18+/m11/s1. The zero-order chi connectivity index (χ0) is 26.8. The van der Waals surface area contributed by atoms with Crippen molar-refractivity contribution in [3.63, 3.8) is 0 Å². The van der Waals surface area contributed by atoms with E-state index in [1.807, 2.05) is 11.1 Å². The Labute approximate surface area is 238 Å². The molecule has 4 fully saturated rings. The Morgan fingerprint density at radius 3 is 2.23 bits per heavy atom. The molecule has 0 N–H and O–H groups in total. The van der Waals surface area contributed by atoms with Gasteiger partial charge in [0.05, 0.1) is 7.11 Å². The van der Waals surface area contributed by atoms with Gasteiger partial charge in [-0.3, -0.25) is 0 Å². The number of piperidine rings is 2. The second kappa shape index (κ2) is 10.1. The lowest BCUT2D eigenvalue weighted by Crippen LogP contribution is -2.59. The Hall–Kier alpha value is -1.58. The van der Waals surface area contributed by atoms with E-state index in [2.05, 4.69) is 55.1 Å². The van der Waals surface area contributed by atoms with Crippen molar-refractivity contribution in [3.8, 4) is 5.75 Å². The van der Waals surface area contributed by atoms with Gasteiger partial charge in [-0.2, -0.15) is 0 Å². The fourth-order valence-electron chi connectivity index (χ4n) is 11.0. The van der Waals surface area contributed by atoms with Crippen LogP contribution in [-0.4, -0.2) is 56.2 Å². The van der Waals surface area contributed by atoms with Gasteiger partial charge in [-0.25, -0.2) is 0 Å². The number of methoxy groups -OCH3 is 1. The summed E-state index contributed by atoms with van der Waals surface area (Å²) >= 11 is 0. The molecule has 4 bridgehead atoms. The van der Waals surface area contributed by atoms with Crippen LogP contribution in [0.25, 0.3) is 0 Å². The fraction of sp³-hybridized carbons (Fsp3) is 0.722. The van der Waals surface area contributed by atoms with Crippen molar-refractivity contribution in [2.24, 2.45) is 17.3 Å². The van der Waals surface area contributed by atoms with Gasteiger partial charge in [0.2, 0.25) is 0 Å². The first-order valence-corrected chi connectivity index (χ1v) is 16.4. The van der Waals surface area contributed by atoms with E-state index in [-0.39, 0.29) is 0 Å². The number of hydrogen-bond acceptors (Lipinski definition) is 3. The smallest absolute Gasteiger partial charge is 0.119 e. The van der Waals surface area contributed by atoms with Gasteiger partial charge in [-0.05, 0) is 139 Å². The molecule has 2 aliphatic heterocycles. The molecule has 7 aliphatic rings. The monoisotopic (exact) mass is 528 g/mol. The maximum atomic E-state index is 5.51. The normalized spacial score (nSPS) is 39.2. The van der Waals surface area contributed by atoms with E-state index >= 15 is 0 Å². The van der Waals surface area contributed by atoms with Crippen molar-refractivity contribution in [1.29, 1.82) is 0 Å². The van der Waals surface area contributed by atoms with Crippen molar-refractivity contribution in [3.05, 3.63) is 52.1 Å². The lowest BCUT2D eigenvalue weighted by molar-refractivity contribution is -0.0264. The number of ether oxygens (including phenoxy) is 1. The fourth-order valence-corrected chi connectivity index (χ4v) is 11.0. The Balaban J connectivity index is 0.000000130. The summed E-state index contributed by atoms with van der Waals surface area (Å²) in [6, 6.07) is 8.46. The van der Waals surface area contributed by atoms with Crippen molar-refractivity contribution >= 4 is 0 Å². The van der Waals surface area contributed by atoms with Crippen LogP contribution in [0.2, 0.25) is 0 Å². The van der Waals surface area contributed by atoms with Gasteiger partial charge in [-0.1, -0.05) is 54.5 Å². The molecule has 39 heavy (non-hydrogen) atoms. The number of allylic oxidation sites excluding steroid dienone is 3. The lowest BCUT2D eigenvalue weighted by Gasteiger charge is -2.60. The number of likely N-dealkylation sites (tertiary alicyclic amines) is 2. The highest BCUT2D eigenvalue weighted by molar-refractivity contribution is 5.45. The molecule has 3 heteroatoms. The highest BCUT2D eigenvalue weighted by Gasteiger charge is 2.54. The molecule has 3 nitrogen and oxygen atoms in total. The highest BCUT2D eigenvalue weighted by Crippen LogP contribution is 2.61. The molecular formula is C36H52N2O. The van der Waals surface area contributed by atoms with E-state index in [0.29, 0.717) is 10.8 Å². The molecule has 0 aromatic heterocycles. The summed E-state index contributed by atoms with van der Waals surface area (Å²) in [4.78, 5) is 5.31. The van der Waals surface area contributed by atoms with E-state index < -0.39 is 0 Å². The van der Waals surface area contributed by atoms with Crippen LogP contribution in [0.15, 0.2) is 41.0 Å². The number of likely N-dealkylation sites (N-methyl/N-ethyl adjacent to an activating group) is 1. The Morgan fingerprint density at radius 2 is 1.49 bits per heavy atom. The van der Waals surface area contributed by atoms with Gasteiger partial charge in [0.1, 0.15) is 5.75 Å². The molecular weight excluding hydrogens is 476 g/mol. The average Bonchev–Trinajstić information content (AvgIpc) is 2.97. The molecule has 0 unspecified atom stereocenters. The maximum Gasteiger partial charge on any atom is 0.119 e. The quantitative estimate of drug-likeness (QED) is 0.348. The van der Waals surface area contributed by atoms with Crippen molar-refractivity contribution in [2.45, 2.75) is 114 Å². The van der Waals surface area contributed by atoms with E-state index in [1.165, 1.54) is 103 Å². The summed E-state index contributed by atoms with van der Waals surface area (Å²) in [7, 11) is 6.49. The summed E-state index contributed by atoms with van der Waals surface area (Å²) < 4.78 is 5.51. The largest absolute Gasteiger partial charge is 0.497 e. The Morgan fingerprint density at radius 1 is 0.821 bits per heavy atom. The van der Waals surface area contributed by atoms with Gasteiger partial charge in [0, 0.05) is 17.5 Å². The molecule has 2 saturated heterocycles. The minimum atomic E-state index is 0.456. The second-order valence-corrected chi connectivity index (χ2v) is 14.6. The minimum Gasteiger partial charge on any atom is -0.497 e. The molecule has 2 heterocycles. The van der Waals surface area contributed by atoms with Crippen LogP contribution in [0.1, 0.15) is 102 Å². The summed E-state index contributed by atoms with van der Waals surface area (Å²) in [6.07, 6.45) is 22.1. The van der Waals surface area contributed by atoms with Crippen LogP contribution >= 0.6 is 0 Å². The van der Waals surface area contributed by atoms with Crippen LogP contribution < -0.4 is 4.74 Å². The third-order valence-electron chi connectivity index (χ3n) is 13.0. The number of benzene rings is 1. The predicted molar refractivity (Wildman–Crippen MR) is 161 cm³/mol. The minimum absolute atomic E-state index is 0.456. The molecule has 0 spiro atoms. The van der Waals surface area contributed by atoms with Gasteiger partial charge in [0.15, 0.2) is 0 Å². The number of nitrogens with zero attached hydrogens (tertiary/aromatic N) is 2. The topological polar surface area (TPSA) is 15.7 Å². The molecule has 6 atom stereocenters. The van der Waals surface area contributed by atoms with Gasteiger partial charge in [-0.15, -0.1) is 0 Å². The number of hydrogen-bond donors (Lipinski definition) is 0. The van der Waals surface area contributed by atoms with E-state index in [1.54, 1.807) is 23.8 Å². The third kappa shape index (κ3) is 4.11. The Kier molecular flexibility index (Phi) is 6.79. The van der Waals surface area contributed by atoms with Gasteiger partial charge < -0.3 is 14.5 Å². The molecule has 1 aromatic rings. The molecule has 5 aliphatic carbocycles. The van der Waals surface area contributed by atoms with E-state index in [0.717, 1.165) is 29.7 Å². The molecule has 2 saturated carbocycles. The number of rotatable bonds is 1. The molecule has 8 rings (SSSR count). The van der Waals surface area contributed by atoms with Gasteiger partial charge in [0.25, 0.3) is 0 Å². The van der Waals surface area contributed by atoms with Gasteiger partial charge >= 0.3 is 0 Å². The second-order valence-electron chi connectivity index (χ2n) is 14.6. The van der Waals surface area contributed by atoms with Crippen LogP contribution in [0.4, 0.5) is 0 Å². The third-order valence-corrected chi connectivity index (χ3v) is 13.0. The van der Waals surface area contributed by atoms with Crippen molar-refractivity contribution < 1.29 is 4.74 Å². The highest BCUT2D eigenvalue weighted by atomic mass is 16.5. The molecule has 0 amide bonds. The lowest BCUT2D eigenvalue weighted by atomic mass is 9.50. The Bertz CT molecular complexity index is 1170. The van der Waals surface area contributed by atoms with E-state index in [4.69, 9.17) is 4.74 Å². The summed E-state index contributed by atoms with van der Waals surface area (Å²) in [5.74, 6) is 2.89. The van der Waals surface area contributed by atoms with Crippen molar-refractivity contribution in [2.75, 3.05) is 34.3 Å². The number of fused-ring (bicyclic) bond motifs is 1.